The quantitative estimate of drug-likeness (QED) is 0.232. The molecule has 0 rings (SSSR count). The monoisotopic (exact) mass is 300 g/mol. The predicted molar refractivity (Wildman–Crippen MR) is 98.6 cm³/mol. The summed E-state index contributed by atoms with van der Waals surface area (Å²) in [6.07, 6.45) is 18.3. The largest absolute Gasteiger partial charge is 0.134 e. The maximum absolute atomic E-state index is 3.24. The minimum Gasteiger partial charge on any atom is -0.134 e. The molecule has 0 saturated carbocycles. The summed E-state index contributed by atoms with van der Waals surface area (Å²) in [4.78, 5) is 0. The van der Waals surface area contributed by atoms with Crippen LogP contribution in [0.15, 0.2) is 0 Å². The predicted octanol–water partition coefficient (Wildman–Crippen LogP) is 7.37. The SMILES string of the molecule is CCCCCCCC(P)C(CCC)(CCC)CCCC. The van der Waals surface area contributed by atoms with E-state index in [-0.39, 0.29) is 0 Å². The van der Waals surface area contributed by atoms with Gasteiger partial charge < -0.3 is 0 Å². The lowest BCUT2D eigenvalue weighted by Gasteiger charge is -2.40. The van der Waals surface area contributed by atoms with Gasteiger partial charge in [-0.2, -0.15) is 0 Å². The van der Waals surface area contributed by atoms with Crippen LogP contribution in [-0.4, -0.2) is 5.66 Å². The Morgan fingerprint density at radius 1 is 0.650 bits per heavy atom. The highest BCUT2D eigenvalue weighted by atomic mass is 31.0. The molecule has 0 aromatic rings. The minimum absolute atomic E-state index is 0.620. The number of unbranched alkanes of at least 4 members (excludes halogenated alkanes) is 5. The molecule has 2 atom stereocenters. The van der Waals surface area contributed by atoms with Crippen LogP contribution in [0.1, 0.15) is 111 Å². The lowest BCUT2D eigenvalue weighted by atomic mass is 9.71. The molecule has 0 N–H and O–H groups in total. The molecule has 0 spiro atoms. The van der Waals surface area contributed by atoms with Crippen LogP contribution in [0.2, 0.25) is 0 Å². The van der Waals surface area contributed by atoms with E-state index in [1.807, 2.05) is 0 Å². The Morgan fingerprint density at radius 3 is 1.70 bits per heavy atom. The third-order valence-electron chi connectivity index (χ3n) is 4.93. The molecule has 0 bridgehead atoms. The highest BCUT2D eigenvalue weighted by molar-refractivity contribution is 7.17. The van der Waals surface area contributed by atoms with Gasteiger partial charge in [0.05, 0.1) is 0 Å². The van der Waals surface area contributed by atoms with Crippen LogP contribution in [-0.2, 0) is 0 Å². The van der Waals surface area contributed by atoms with Gasteiger partial charge in [-0.05, 0) is 36.8 Å². The highest BCUT2D eigenvalue weighted by Crippen LogP contribution is 2.44. The van der Waals surface area contributed by atoms with Gasteiger partial charge in [0.25, 0.3) is 0 Å². The molecule has 20 heavy (non-hydrogen) atoms. The van der Waals surface area contributed by atoms with Crippen molar-refractivity contribution in [3.8, 4) is 0 Å². The normalized spacial score (nSPS) is 13.7. The molecule has 122 valence electrons. The van der Waals surface area contributed by atoms with E-state index in [2.05, 4.69) is 36.9 Å². The van der Waals surface area contributed by atoms with E-state index in [9.17, 15) is 0 Å². The van der Waals surface area contributed by atoms with E-state index < -0.39 is 0 Å². The first-order chi connectivity index (χ1) is 9.66. The van der Waals surface area contributed by atoms with Crippen molar-refractivity contribution >= 4 is 9.24 Å². The topological polar surface area (TPSA) is 0 Å². The number of hydrogen-bond acceptors (Lipinski definition) is 0. The van der Waals surface area contributed by atoms with Crippen LogP contribution < -0.4 is 0 Å². The summed E-state index contributed by atoms with van der Waals surface area (Å²) in [5, 5.41) is 0. The molecule has 0 heterocycles. The first-order valence-corrected chi connectivity index (χ1v) is 10.1. The summed E-state index contributed by atoms with van der Waals surface area (Å²) < 4.78 is 0. The Balaban J connectivity index is 4.39. The van der Waals surface area contributed by atoms with Gasteiger partial charge in [-0.3, -0.25) is 0 Å². The van der Waals surface area contributed by atoms with E-state index in [1.165, 1.54) is 83.5 Å². The smallest absolute Gasteiger partial charge is 0.0208 e. The van der Waals surface area contributed by atoms with E-state index in [0.717, 1.165) is 5.66 Å². The standard InChI is InChI=1S/C19H41P/c1-5-9-11-12-13-14-18(20)19(15-7-3,16-8-4)17-10-6-2/h18H,5-17,20H2,1-4H3. The van der Waals surface area contributed by atoms with E-state index in [4.69, 9.17) is 0 Å². The van der Waals surface area contributed by atoms with Gasteiger partial charge in [0.1, 0.15) is 0 Å². The van der Waals surface area contributed by atoms with E-state index in [1.54, 1.807) is 0 Å². The molecule has 0 nitrogen and oxygen atoms in total. The summed E-state index contributed by atoms with van der Waals surface area (Å²) in [5.74, 6) is 0. The van der Waals surface area contributed by atoms with Gasteiger partial charge in [0, 0.05) is 0 Å². The second-order valence-electron chi connectivity index (χ2n) is 6.78. The number of rotatable bonds is 14. The van der Waals surface area contributed by atoms with Crippen LogP contribution in [0, 0.1) is 5.41 Å². The van der Waals surface area contributed by atoms with Crippen LogP contribution in [0.5, 0.6) is 0 Å². The third-order valence-corrected chi connectivity index (χ3v) is 5.97. The first-order valence-electron chi connectivity index (χ1n) is 9.42. The molecular weight excluding hydrogens is 259 g/mol. The zero-order valence-corrected chi connectivity index (χ0v) is 16.0. The Morgan fingerprint density at radius 2 is 1.20 bits per heavy atom. The van der Waals surface area contributed by atoms with Gasteiger partial charge in [-0.25, -0.2) is 0 Å². The summed E-state index contributed by atoms with van der Waals surface area (Å²) in [5.41, 5.74) is 1.46. The minimum atomic E-state index is 0.620. The van der Waals surface area contributed by atoms with E-state index >= 15 is 0 Å². The van der Waals surface area contributed by atoms with Gasteiger partial charge in [-0.15, -0.1) is 9.24 Å². The molecule has 0 aliphatic carbocycles. The molecule has 0 fully saturated rings. The summed E-state index contributed by atoms with van der Waals surface area (Å²) in [7, 11) is 3.24. The molecule has 0 aromatic heterocycles. The van der Waals surface area contributed by atoms with Crippen molar-refractivity contribution in [1.29, 1.82) is 0 Å². The van der Waals surface area contributed by atoms with E-state index in [0.29, 0.717) is 5.41 Å². The van der Waals surface area contributed by atoms with Gasteiger partial charge in [0.15, 0.2) is 0 Å². The maximum atomic E-state index is 3.24. The zero-order chi connectivity index (χ0) is 15.3. The molecule has 0 aliphatic heterocycles. The van der Waals surface area contributed by atoms with Crippen molar-refractivity contribution in [1.82, 2.24) is 0 Å². The first kappa shape index (κ1) is 20.4. The maximum Gasteiger partial charge on any atom is -0.0208 e. The van der Waals surface area contributed by atoms with Crippen molar-refractivity contribution in [3.05, 3.63) is 0 Å². The van der Waals surface area contributed by atoms with Crippen molar-refractivity contribution in [2.45, 2.75) is 117 Å². The summed E-state index contributed by atoms with van der Waals surface area (Å²) in [6, 6.07) is 0. The van der Waals surface area contributed by atoms with Crippen LogP contribution in [0.4, 0.5) is 0 Å². The van der Waals surface area contributed by atoms with Gasteiger partial charge in [-0.1, -0.05) is 85.5 Å². The molecule has 0 radical (unpaired) electrons. The summed E-state index contributed by atoms with van der Waals surface area (Å²) in [6.45, 7) is 9.38. The Bertz CT molecular complexity index is 194. The fourth-order valence-corrected chi connectivity index (χ4v) is 4.47. The summed E-state index contributed by atoms with van der Waals surface area (Å²) >= 11 is 0. The fourth-order valence-electron chi connectivity index (χ4n) is 3.73. The average molecular weight is 301 g/mol. The van der Waals surface area contributed by atoms with Crippen LogP contribution in [0.3, 0.4) is 0 Å². The van der Waals surface area contributed by atoms with Crippen LogP contribution in [0.25, 0.3) is 0 Å². The molecule has 2 unspecified atom stereocenters. The molecule has 0 aliphatic rings. The second-order valence-corrected chi connectivity index (χ2v) is 7.58. The lowest BCUT2D eigenvalue weighted by molar-refractivity contribution is 0.191. The Kier molecular flexibility index (Phi) is 13.4. The molecule has 1 heteroatoms. The third kappa shape index (κ3) is 8.02. The molecule has 0 saturated heterocycles. The van der Waals surface area contributed by atoms with Gasteiger partial charge >= 0.3 is 0 Å². The van der Waals surface area contributed by atoms with Gasteiger partial charge in [0.2, 0.25) is 0 Å². The Labute approximate surface area is 132 Å². The fraction of sp³-hybridized carbons (Fsp3) is 1.00. The molecular formula is C19H41P. The Hall–Kier alpha value is 0.430. The molecule has 0 aromatic carbocycles. The molecule has 0 amide bonds. The average Bonchev–Trinajstić information content (AvgIpc) is 2.44. The second kappa shape index (κ2) is 13.1. The highest BCUT2D eigenvalue weighted by Gasteiger charge is 2.33. The van der Waals surface area contributed by atoms with Crippen molar-refractivity contribution < 1.29 is 0 Å². The van der Waals surface area contributed by atoms with Crippen molar-refractivity contribution in [2.75, 3.05) is 0 Å². The van der Waals surface area contributed by atoms with Crippen molar-refractivity contribution in [3.63, 3.8) is 0 Å². The number of hydrogen-bond donors (Lipinski definition) is 0. The van der Waals surface area contributed by atoms with Crippen molar-refractivity contribution in [2.24, 2.45) is 5.41 Å². The lowest BCUT2D eigenvalue weighted by Crippen LogP contribution is -2.31. The van der Waals surface area contributed by atoms with Crippen LogP contribution >= 0.6 is 9.24 Å². The zero-order valence-electron chi connectivity index (χ0n) is 14.8.